The number of unbranched alkanes of at least 4 members (excludes halogenated alkanes) is 3. The van der Waals surface area contributed by atoms with Crippen molar-refractivity contribution in [1.29, 1.82) is 5.26 Å². The minimum absolute atomic E-state index is 0.495. The van der Waals surface area contributed by atoms with E-state index in [0.717, 1.165) is 12.1 Å². The highest BCUT2D eigenvalue weighted by molar-refractivity contribution is 5.43. The molecule has 0 saturated carbocycles. The van der Waals surface area contributed by atoms with Gasteiger partial charge in [-0.1, -0.05) is 39.5 Å². The van der Waals surface area contributed by atoms with Crippen LogP contribution in [-0.2, 0) is 6.18 Å². The molecule has 0 bridgehead atoms. The van der Waals surface area contributed by atoms with Crippen molar-refractivity contribution in [3.63, 3.8) is 0 Å². The van der Waals surface area contributed by atoms with E-state index in [1.807, 2.05) is 0 Å². The van der Waals surface area contributed by atoms with Crippen LogP contribution in [-0.4, -0.2) is 5.11 Å². The maximum atomic E-state index is 12.2. The van der Waals surface area contributed by atoms with Gasteiger partial charge in [0.2, 0.25) is 0 Å². The molecule has 0 aliphatic heterocycles. The maximum Gasteiger partial charge on any atom is 0.417 e. The second-order valence-corrected chi connectivity index (χ2v) is 4.05. The van der Waals surface area contributed by atoms with Gasteiger partial charge >= 0.3 is 6.18 Å². The Morgan fingerprint density at radius 3 is 2.05 bits per heavy atom. The van der Waals surface area contributed by atoms with Crippen molar-refractivity contribution in [2.45, 2.75) is 45.7 Å². The van der Waals surface area contributed by atoms with Gasteiger partial charge in [-0.3, -0.25) is 0 Å². The van der Waals surface area contributed by atoms with Crippen LogP contribution in [0.5, 0.6) is 5.75 Å². The highest BCUT2D eigenvalue weighted by Gasteiger charge is 2.33. The molecule has 0 radical (unpaired) electrons. The second-order valence-electron chi connectivity index (χ2n) is 4.05. The van der Waals surface area contributed by atoms with Crippen LogP contribution in [0.25, 0.3) is 0 Å². The highest BCUT2D eigenvalue weighted by Crippen LogP contribution is 2.33. The van der Waals surface area contributed by atoms with Crippen LogP contribution < -0.4 is 0 Å². The van der Waals surface area contributed by atoms with Gasteiger partial charge in [0, 0.05) is 0 Å². The fourth-order valence-electron chi connectivity index (χ4n) is 1.36. The van der Waals surface area contributed by atoms with E-state index in [0.29, 0.717) is 6.07 Å². The summed E-state index contributed by atoms with van der Waals surface area (Å²) >= 11 is 0. The lowest BCUT2D eigenvalue weighted by molar-refractivity contribution is -0.137. The van der Waals surface area contributed by atoms with Crippen molar-refractivity contribution in [3.8, 4) is 11.8 Å². The molecule has 5 heteroatoms. The van der Waals surface area contributed by atoms with Gasteiger partial charge < -0.3 is 5.11 Å². The van der Waals surface area contributed by atoms with E-state index in [2.05, 4.69) is 13.8 Å². The van der Waals surface area contributed by atoms with Crippen LogP contribution >= 0.6 is 0 Å². The average molecular weight is 273 g/mol. The first kappa shape index (κ1) is 17.3. The predicted molar refractivity (Wildman–Crippen MR) is 67.6 cm³/mol. The normalized spacial score (nSPS) is 10.3. The molecule has 2 nitrogen and oxygen atoms in total. The Hall–Kier alpha value is -1.70. The van der Waals surface area contributed by atoms with E-state index >= 15 is 0 Å². The van der Waals surface area contributed by atoms with Crippen LogP contribution in [0, 0.1) is 11.3 Å². The summed E-state index contributed by atoms with van der Waals surface area (Å²) in [6, 6.07) is 3.89. The third-order valence-electron chi connectivity index (χ3n) is 2.39. The number of nitriles is 1. The van der Waals surface area contributed by atoms with Gasteiger partial charge in [-0.15, -0.1) is 0 Å². The molecule has 0 heterocycles. The maximum absolute atomic E-state index is 12.2. The number of aromatic hydroxyl groups is 1. The molecule has 106 valence electrons. The summed E-state index contributed by atoms with van der Waals surface area (Å²) in [7, 11) is 0. The summed E-state index contributed by atoms with van der Waals surface area (Å²) in [6.45, 7) is 4.46. The molecule has 1 N–H and O–H groups in total. The Labute approximate surface area is 111 Å². The number of hydrogen-bond donors (Lipinski definition) is 1. The van der Waals surface area contributed by atoms with Crippen molar-refractivity contribution in [1.82, 2.24) is 0 Å². The molecule has 0 aromatic heterocycles. The van der Waals surface area contributed by atoms with E-state index in [1.54, 1.807) is 0 Å². The first-order valence-corrected chi connectivity index (χ1v) is 6.17. The fourth-order valence-corrected chi connectivity index (χ4v) is 1.36. The highest BCUT2D eigenvalue weighted by atomic mass is 19.4. The van der Waals surface area contributed by atoms with E-state index in [9.17, 15) is 13.2 Å². The van der Waals surface area contributed by atoms with Gasteiger partial charge in [-0.2, -0.15) is 18.4 Å². The first-order valence-electron chi connectivity index (χ1n) is 6.17. The summed E-state index contributed by atoms with van der Waals surface area (Å²) < 4.78 is 36.5. The predicted octanol–water partition coefficient (Wildman–Crippen LogP) is 4.87. The van der Waals surface area contributed by atoms with Gasteiger partial charge in [0.15, 0.2) is 0 Å². The summed E-state index contributed by atoms with van der Waals surface area (Å²) in [4.78, 5) is 0. The molecule has 0 fully saturated rings. The van der Waals surface area contributed by atoms with Gasteiger partial charge in [0.25, 0.3) is 0 Å². The molecule has 1 rings (SSSR count). The number of halogens is 3. The Kier molecular flexibility index (Phi) is 7.66. The smallest absolute Gasteiger partial charge is 0.417 e. The lowest BCUT2D eigenvalue weighted by atomic mass is 10.1. The molecule has 0 unspecified atom stereocenters. The van der Waals surface area contributed by atoms with Crippen LogP contribution in [0.2, 0.25) is 0 Å². The zero-order chi connectivity index (χ0) is 14.9. The number of phenols is 1. The minimum Gasteiger partial charge on any atom is -0.508 e. The lowest BCUT2D eigenvalue weighted by Gasteiger charge is -2.08. The molecule has 0 atom stereocenters. The zero-order valence-electron chi connectivity index (χ0n) is 11.1. The fraction of sp³-hybridized carbons (Fsp3) is 0.500. The molecule has 0 spiro atoms. The minimum atomic E-state index is -4.61. The average Bonchev–Trinajstić information content (AvgIpc) is 2.36. The molecular formula is C14H18F3NO. The van der Waals surface area contributed by atoms with Gasteiger partial charge in [-0.05, 0) is 18.2 Å². The van der Waals surface area contributed by atoms with Gasteiger partial charge in [0.1, 0.15) is 5.75 Å². The van der Waals surface area contributed by atoms with Crippen LogP contribution in [0.15, 0.2) is 18.2 Å². The Morgan fingerprint density at radius 1 is 1.16 bits per heavy atom. The molecule has 0 aliphatic rings. The molecule has 0 saturated heterocycles. The quantitative estimate of drug-likeness (QED) is 0.798. The largest absolute Gasteiger partial charge is 0.508 e. The number of rotatable bonds is 3. The topological polar surface area (TPSA) is 44.0 Å². The molecule has 0 aliphatic carbocycles. The summed E-state index contributed by atoms with van der Waals surface area (Å²) in [5.41, 5.74) is -1.61. The summed E-state index contributed by atoms with van der Waals surface area (Å²) in [5.74, 6) is -0.508. The number of benzene rings is 1. The van der Waals surface area contributed by atoms with E-state index in [-0.39, 0.29) is 0 Å². The number of alkyl halides is 3. The Bertz CT molecular complexity index is 418. The van der Waals surface area contributed by atoms with Crippen molar-refractivity contribution in [2.75, 3.05) is 0 Å². The van der Waals surface area contributed by atoms with E-state index < -0.39 is 23.1 Å². The first-order chi connectivity index (χ1) is 8.86. The molecule has 1 aromatic rings. The van der Waals surface area contributed by atoms with Crippen LogP contribution in [0.3, 0.4) is 0 Å². The monoisotopic (exact) mass is 273 g/mol. The SMILES string of the molecule is CCCCCC.N#Cc1ccc(O)cc1C(F)(F)F. The molecular weight excluding hydrogens is 255 g/mol. The van der Waals surface area contributed by atoms with Crippen molar-refractivity contribution in [2.24, 2.45) is 0 Å². The number of hydrogen-bond acceptors (Lipinski definition) is 2. The second kappa shape index (κ2) is 8.41. The van der Waals surface area contributed by atoms with Crippen molar-refractivity contribution in [3.05, 3.63) is 29.3 Å². The van der Waals surface area contributed by atoms with Gasteiger partial charge in [0.05, 0.1) is 17.2 Å². The van der Waals surface area contributed by atoms with Crippen LogP contribution in [0.4, 0.5) is 13.2 Å². The molecule has 0 amide bonds. The van der Waals surface area contributed by atoms with Crippen LogP contribution in [0.1, 0.15) is 50.7 Å². The van der Waals surface area contributed by atoms with Gasteiger partial charge in [-0.25, -0.2) is 0 Å². The van der Waals surface area contributed by atoms with Crippen molar-refractivity contribution >= 4 is 0 Å². The summed E-state index contributed by atoms with van der Waals surface area (Å²) in [5, 5.41) is 17.1. The third kappa shape index (κ3) is 6.70. The summed E-state index contributed by atoms with van der Waals surface area (Å²) in [6.07, 6.45) is 0.929. The molecule has 19 heavy (non-hydrogen) atoms. The van der Waals surface area contributed by atoms with Crippen molar-refractivity contribution < 1.29 is 18.3 Å². The van der Waals surface area contributed by atoms with E-state index in [4.69, 9.17) is 10.4 Å². The van der Waals surface area contributed by atoms with E-state index in [1.165, 1.54) is 31.8 Å². The third-order valence-corrected chi connectivity index (χ3v) is 2.39. The zero-order valence-corrected chi connectivity index (χ0v) is 11.1. The number of nitrogens with zero attached hydrogens (tertiary/aromatic N) is 1. The molecule has 1 aromatic carbocycles. The standard InChI is InChI=1S/C8H4F3NO.C6H14/c9-8(10,11)7-3-6(13)2-1-5(7)4-12;1-3-5-6-4-2/h1-3,13H;3-6H2,1-2H3. The Balaban J connectivity index is 0.000000459. The Morgan fingerprint density at radius 2 is 1.68 bits per heavy atom. The lowest BCUT2D eigenvalue weighted by Crippen LogP contribution is -2.07. The number of phenolic OH excluding ortho intramolecular Hbond substituents is 1.